The molecule has 6 nitrogen and oxygen atoms in total. The van der Waals surface area contributed by atoms with Gasteiger partial charge in [-0.15, -0.1) is 0 Å². The number of likely N-dealkylation sites (N-methyl/N-ethyl adjacent to an activating group) is 1. The van der Waals surface area contributed by atoms with Crippen LogP contribution in [0.15, 0.2) is 12.1 Å². The molecule has 0 radical (unpaired) electrons. The average Bonchev–Trinajstić information content (AvgIpc) is 2.36. The van der Waals surface area contributed by atoms with Crippen LogP contribution in [0.5, 0.6) is 11.5 Å². The molecule has 0 aliphatic rings. The summed E-state index contributed by atoms with van der Waals surface area (Å²) in [7, 11) is 3.20. The number of nitro benzene ring substituents is 1. The Morgan fingerprint density at radius 2 is 2.22 bits per heavy atom. The summed E-state index contributed by atoms with van der Waals surface area (Å²) in [4.78, 5) is 10.3. The van der Waals surface area contributed by atoms with Gasteiger partial charge in [-0.1, -0.05) is 6.92 Å². The quantitative estimate of drug-likeness (QED) is 0.599. The van der Waals surface area contributed by atoms with Crippen LogP contribution in [0.2, 0.25) is 0 Å². The molecule has 0 aliphatic carbocycles. The van der Waals surface area contributed by atoms with Gasteiger partial charge in [0.05, 0.1) is 12.0 Å². The van der Waals surface area contributed by atoms with Gasteiger partial charge in [-0.25, -0.2) is 0 Å². The second-order valence-corrected chi connectivity index (χ2v) is 4.01. The minimum absolute atomic E-state index is 0.133. The van der Waals surface area contributed by atoms with Gasteiger partial charge in [0.1, 0.15) is 0 Å². The van der Waals surface area contributed by atoms with Crippen molar-refractivity contribution in [3.05, 3.63) is 27.8 Å². The van der Waals surface area contributed by atoms with Crippen molar-refractivity contribution in [3.63, 3.8) is 0 Å². The number of ether oxygens (including phenoxy) is 1. The molecule has 0 spiro atoms. The van der Waals surface area contributed by atoms with Crippen LogP contribution in [-0.4, -0.2) is 30.7 Å². The molecule has 0 saturated heterocycles. The van der Waals surface area contributed by atoms with E-state index < -0.39 is 10.7 Å². The second kappa shape index (κ2) is 6.20. The van der Waals surface area contributed by atoms with Gasteiger partial charge in [-0.2, -0.15) is 0 Å². The van der Waals surface area contributed by atoms with Crippen LogP contribution in [0.4, 0.5) is 5.69 Å². The van der Waals surface area contributed by atoms with Gasteiger partial charge in [0.25, 0.3) is 0 Å². The summed E-state index contributed by atoms with van der Waals surface area (Å²) < 4.78 is 4.97. The fraction of sp³-hybridized carbons (Fsp3) is 0.500. The molecule has 0 bridgehead atoms. The minimum Gasteiger partial charge on any atom is -0.500 e. The van der Waals surface area contributed by atoms with E-state index >= 15 is 0 Å². The molecule has 0 aliphatic heterocycles. The van der Waals surface area contributed by atoms with E-state index in [0.717, 1.165) is 12.0 Å². The summed E-state index contributed by atoms with van der Waals surface area (Å²) in [5.41, 5.74) is 0.465. The molecule has 0 amide bonds. The van der Waals surface area contributed by atoms with E-state index in [1.54, 1.807) is 6.07 Å². The highest BCUT2D eigenvalue weighted by molar-refractivity contribution is 5.57. The third-order valence-electron chi connectivity index (χ3n) is 2.91. The number of aromatic hydroxyl groups is 1. The number of methoxy groups -OCH3 is 1. The van der Waals surface area contributed by atoms with Crippen molar-refractivity contribution in [2.75, 3.05) is 20.7 Å². The number of hydrogen-bond donors (Lipinski definition) is 2. The molecule has 0 saturated carbocycles. The number of rotatable bonds is 6. The van der Waals surface area contributed by atoms with E-state index in [0.29, 0.717) is 6.54 Å². The van der Waals surface area contributed by atoms with E-state index in [1.165, 1.54) is 13.2 Å². The SMILES string of the molecule is CCC(CNC)c1cc(OC)c(O)c([N+](=O)[O-])c1. The first-order valence-corrected chi connectivity index (χ1v) is 5.75. The average molecular weight is 254 g/mol. The highest BCUT2D eigenvalue weighted by Crippen LogP contribution is 2.39. The van der Waals surface area contributed by atoms with Crippen molar-refractivity contribution in [1.29, 1.82) is 0 Å². The van der Waals surface area contributed by atoms with Gasteiger partial charge in [-0.3, -0.25) is 10.1 Å². The Bertz CT molecular complexity index is 434. The van der Waals surface area contributed by atoms with Crippen LogP contribution < -0.4 is 10.1 Å². The van der Waals surface area contributed by atoms with E-state index in [-0.39, 0.29) is 17.4 Å². The first-order chi connectivity index (χ1) is 8.54. The molecule has 2 N–H and O–H groups in total. The minimum atomic E-state index is -0.604. The Hall–Kier alpha value is -1.82. The molecular formula is C12H18N2O4. The molecule has 0 heterocycles. The Labute approximate surface area is 106 Å². The summed E-state index contributed by atoms with van der Waals surface area (Å²) >= 11 is 0. The first kappa shape index (κ1) is 14.2. The van der Waals surface area contributed by atoms with Gasteiger partial charge in [-0.05, 0) is 31.0 Å². The molecule has 6 heteroatoms. The standard InChI is InChI=1S/C12H18N2O4/c1-4-8(7-13-2)9-5-10(14(16)17)12(15)11(6-9)18-3/h5-6,8,13,15H,4,7H2,1-3H3. The van der Waals surface area contributed by atoms with Crippen molar-refractivity contribution in [2.45, 2.75) is 19.3 Å². The number of phenols is 1. The summed E-state index contributed by atoms with van der Waals surface area (Å²) in [6, 6.07) is 3.05. The van der Waals surface area contributed by atoms with Crippen molar-refractivity contribution in [2.24, 2.45) is 0 Å². The lowest BCUT2D eigenvalue weighted by Gasteiger charge is -2.16. The van der Waals surface area contributed by atoms with Crippen LogP contribution in [0.25, 0.3) is 0 Å². The maximum atomic E-state index is 10.9. The Morgan fingerprint density at radius 3 is 2.67 bits per heavy atom. The van der Waals surface area contributed by atoms with Crippen LogP contribution in [-0.2, 0) is 0 Å². The Kier molecular flexibility index (Phi) is 4.91. The number of phenolic OH excluding ortho intramolecular Hbond substituents is 1. The molecule has 1 atom stereocenters. The normalized spacial score (nSPS) is 12.2. The lowest BCUT2D eigenvalue weighted by molar-refractivity contribution is -0.386. The molecule has 1 aromatic rings. The fourth-order valence-electron chi connectivity index (χ4n) is 1.89. The Balaban J connectivity index is 3.28. The topological polar surface area (TPSA) is 84.6 Å². The summed E-state index contributed by atoms with van der Waals surface area (Å²) in [5.74, 6) is -0.150. The highest BCUT2D eigenvalue weighted by Gasteiger charge is 2.22. The smallest absolute Gasteiger partial charge is 0.314 e. The third kappa shape index (κ3) is 2.89. The van der Waals surface area contributed by atoms with Crippen molar-refractivity contribution >= 4 is 5.69 Å². The highest BCUT2D eigenvalue weighted by atomic mass is 16.6. The number of benzene rings is 1. The van der Waals surface area contributed by atoms with Gasteiger partial charge in [0.15, 0.2) is 5.75 Å². The predicted octanol–water partition coefficient (Wildman–Crippen LogP) is 2.02. The molecule has 1 rings (SSSR count). The van der Waals surface area contributed by atoms with Crippen LogP contribution in [0.1, 0.15) is 24.8 Å². The lowest BCUT2D eigenvalue weighted by atomic mass is 9.95. The number of nitrogens with one attached hydrogen (secondary N) is 1. The fourth-order valence-corrected chi connectivity index (χ4v) is 1.89. The molecule has 1 aromatic carbocycles. The molecule has 18 heavy (non-hydrogen) atoms. The van der Waals surface area contributed by atoms with Crippen LogP contribution in [0.3, 0.4) is 0 Å². The van der Waals surface area contributed by atoms with Gasteiger partial charge in [0.2, 0.25) is 5.75 Å². The van der Waals surface area contributed by atoms with Gasteiger partial charge < -0.3 is 15.2 Å². The molecular weight excluding hydrogens is 236 g/mol. The molecule has 0 aromatic heterocycles. The first-order valence-electron chi connectivity index (χ1n) is 5.75. The lowest BCUT2D eigenvalue weighted by Crippen LogP contribution is -2.16. The van der Waals surface area contributed by atoms with Crippen molar-refractivity contribution < 1.29 is 14.8 Å². The Morgan fingerprint density at radius 1 is 1.56 bits per heavy atom. The number of hydrogen-bond acceptors (Lipinski definition) is 5. The maximum absolute atomic E-state index is 10.9. The van der Waals surface area contributed by atoms with E-state index in [9.17, 15) is 15.2 Å². The number of nitro groups is 1. The predicted molar refractivity (Wildman–Crippen MR) is 68.3 cm³/mol. The summed E-state index contributed by atoms with van der Waals surface area (Å²) in [5, 5.41) is 23.6. The third-order valence-corrected chi connectivity index (χ3v) is 2.91. The van der Waals surface area contributed by atoms with Crippen molar-refractivity contribution in [3.8, 4) is 11.5 Å². The van der Waals surface area contributed by atoms with Crippen LogP contribution in [0, 0.1) is 10.1 Å². The maximum Gasteiger partial charge on any atom is 0.314 e. The van der Waals surface area contributed by atoms with E-state index in [2.05, 4.69) is 5.32 Å². The zero-order valence-electron chi connectivity index (χ0n) is 10.8. The largest absolute Gasteiger partial charge is 0.500 e. The molecule has 1 unspecified atom stereocenters. The van der Waals surface area contributed by atoms with Gasteiger partial charge in [0, 0.05) is 12.6 Å². The molecule has 0 fully saturated rings. The summed E-state index contributed by atoms with van der Waals surface area (Å²) in [6.45, 7) is 2.72. The number of nitrogens with zero attached hydrogens (tertiary/aromatic N) is 1. The molecule has 100 valence electrons. The zero-order chi connectivity index (χ0) is 13.7. The summed E-state index contributed by atoms with van der Waals surface area (Å²) in [6.07, 6.45) is 0.839. The van der Waals surface area contributed by atoms with Crippen molar-refractivity contribution in [1.82, 2.24) is 5.32 Å². The zero-order valence-corrected chi connectivity index (χ0v) is 10.8. The van der Waals surface area contributed by atoms with E-state index in [1.807, 2.05) is 14.0 Å². The van der Waals surface area contributed by atoms with Gasteiger partial charge >= 0.3 is 5.69 Å². The second-order valence-electron chi connectivity index (χ2n) is 4.01. The van der Waals surface area contributed by atoms with Crippen LogP contribution >= 0.6 is 0 Å². The van der Waals surface area contributed by atoms with E-state index in [4.69, 9.17) is 4.74 Å². The monoisotopic (exact) mass is 254 g/mol.